The first-order chi connectivity index (χ1) is 8.65. The second-order valence-electron chi connectivity index (χ2n) is 5.15. The van der Waals surface area contributed by atoms with E-state index in [2.05, 4.69) is 27.9 Å². The molecule has 0 saturated heterocycles. The molecule has 1 saturated carbocycles. The molecule has 1 aliphatic carbocycles. The largest absolute Gasteiger partial charge is 0.328 e. The van der Waals surface area contributed by atoms with Gasteiger partial charge in [0.15, 0.2) is 0 Å². The Hall–Kier alpha value is -0.200. The normalized spacial score (nSPS) is 24.2. The molecular formula is C14H20FIN2. The quantitative estimate of drug-likeness (QED) is 0.809. The lowest BCUT2D eigenvalue weighted by Gasteiger charge is -2.26. The summed E-state index contributed by atoms with van der Waals surface area (Å²) in [5, 5.41) is 3.36. The molecule has 1 aromatic rings. The van der Waals surface area contributed by atoms with E-state index in [1.165, 1.54) is 12.8 Å². The van der Waals surface area contributed by atoms with Gasteiger partial charge in [-0.3, -0.25) is 0 Å². The van der Waals surface area contributed by atoms with Crippen LogP contribution in [0.2, 0.25) is 0 Å². The van der Waals surface area contributed by atoms with Crippen LogP contribution in [0, 0.1) is 15.3 Å². The van der Waals surface area contributed by atoms with E-state index in [9.17, 15) is 4.39 Å². The van der Waals surface area contributed by atoms with Crippen LogP contribution in [-0.2, 0) is 6.54 Å². The summed E-state index contributed by atoms with van der Waals surface area (Å²) >= 11 is 2.12. The fourth-order valence-corrected chi connectivity index (χ4v) is 2.92. The van der Waals surface area contributed by atoms with Crippen molar-refractivity contribution in [3.8, 4) is 0 Å². The van der Waals surface area contributed by atoms with Gasteiger partial charge in [-0.15, -0.1) is 0 Å². The van der Waals surface area contributed by atoms with Gasteiger partial charge in [-0.2, -0.15) is 0 Å². The summed E-state index contributed by atoms with van der Waals surface area (Å²) in [6, 6.07) is 5.79. The second-order valence-corrected chi connectivity index (χ2v) is 6.39. The lowest BCUT2D eigenvalue weighted by Crippen LogP contribution is -2.31. The summed E-state index contributed by atoms with van der Waals surface area (Å²) in [4.78, 5) is 0. The molecule has 2 rings (SSSR count). The van der Waals surface area contributed by atoms with Crippen molar-refractivity contribution in [3.05, 3.63) is 33.1 Å². The molecule has 0 heterocycles. The van der Waals surface area contributed by atoms with Crippen LogP contribution in [0.3, 0.4) is 0 Å². The number of nitrogens with one attached hydrogen (secondary N) is 1. The Labute approximate surface area is 122 Å². The summed E-state index contributed by atoms with van der Waals surface area (Å²) in [5.41, 5.74) is 6.63. The molecule has 0 spiro atoms. The Morgan fingerprint density at radius 1 is 1.28 bits per heavy atom. The number of halogens is 2. The monoisotopic (exact) mass is 362 g/mol. The Morgan fingerprint density at radius 2 is 2.00 bits per heavy atom. The van der Waals surface area contributed by atoms with Gasteiger partial charge in [0, 0.05) is 21.7 Å². The first kappa shape index (κ1) is 14.2. The van der Waals surface area contributed by atoms with E-state index in [0.717, 1.165) is 28.5 Å². The number of rotatable bonds is 4. The minimum atomic E-state index is -0.111. The molecule has 1 aromatic carbocycles. The predicted octanol–water partition coefficient (Wildman–Crippen LogP) is 3.04. The smallest absolute Gasteiger partial charge is 0.128 e. The van der Waals surface area contributed by atoms with Crippen molar-refractivity contribution in [2.45, 2.75) is 38.3 Å². The van der Waals surface area contributed by atoms with Gasteiger partial charge in [-0.05, 0) is 72.9 Å². The summed E-state index contributed by atoms with van der Waals surface area (Å²) < 4.78 is 14.5. The van der Waals surface area contributed by atoms with Crippen LogP contribution in [0.4, 0.5) is 4.39 Å². The third-order valence-electron chi connectivity index (χ3n) is 3.65. The van der Waals surface area contributed by atoms with Crippen molar-refractivity contribution in [2.75, 3.05) is 6.54 Å². The van der Waals surface area contributed by atoms with Gasteiger partial charge in [0.25, 0.3) is 0 Å². The van der Waals surface area contributed by atoms with Crippen molar-refractivity contribution in [1.29, 1.82) is 0 Å². The van der Waals surface area contributed by atoms with Crippen LogP contribution in [0.25, 0.3) is 0 Å². The first-order valence-electron chi connectivity index (χ1n) is 6.55. The van der Waals surface area contributed by atoms with E-state index < -0.39 is 0 Å². The van der Waals surface area contributed by atoms with E-state index in [1.807, 2.05) is 12.1 Å². The standard InChI is InChI=1S/C14H20FIN2/c15-14-7-12(16)4-3-11(14)9-18-8-10-1-5-13(17)6-2-10/h3-4,7,10,13,18H,1-2,5-6,8-9,17H2. The van der Waals surface area contributed by atoms with Crippen LogP contribution < -0.4 is 11.1 Å². The van der Waals surface area contributed by atoms with E-state index in [-0.39, 0.29) is 5.82 Å². The molecule has 100 valence electrons. The SMILES string of the molecule is NC1CCC(CNCc2ccc(I)cc2F)CC1. The highest BCUT2D eigenvalue weighted by atomic mass is 127. The van der Waals surface area contributed by atoms with Crippen molar-refractivity contribution in [3.63, 3.8) is 0 Å². The van der Waals surface area contributed by atoms with Gasteiger partial charge >= 0.3 is 0 Å². The van der Waals surface area contributed by atoms with Gasteiger partial charge in [-0.1, -0.05) is 6.07 Å². The first-order valence-corrected chi connectivity index (χ1v) is 7.63. The maximum atomic E-state index is 13.6. The molecular weight excluding hydrogens is 342 g/mol. The number of hydrogen-bond donors (Lipinski definition) is 2. The van der Waals surface area contributed by atoms with Gasteiger partial charge < -0.3 is 11.1 Å². The highest BCUT2D eigenvalue weighted by Crippen LogP contribution is 2.22. The third kappa shape index (κ3) is 4.17. The van der Waals surface area contributed by atoms with Crippen molar-refractivity contribution in [2.24, 2.45) is 11.7 Å². The van der Waals surface area contributed by atoms with Gasteiger partial charge in [0.2, 0.25) is 0 Å². The highest BCUT2D eigenvalue weighted by molar-refractivity contribution is 14.1. The molecule has 3 N–H and O–H groups in total. The summed E-state index contributed by atoms with van der Waals surface area (Å²) in [6.45, 7) is 1.59. The Bertz CT molecular complexity index is 389. The van der Waals surface area contributed by atoms with Crippen LogP contribution in [0.5, 0.6) is 0 Å². The third-order valence-corrected chi connectivity index (χ3v) is 4.33. The number of benzene rings is 1. The Balaban J connectivity index is 1.75. The minimum Gasteiger partial charge on any atom is -0.328 e. The van der Waals surface area contributed by atoms with E-state index in [0.29, 0.717) is 18.5 Å². The zero-order valence-corrected chi connectivity index (χ0v) is 12.6. The van der Waals surface area contributed by atoms with Gasteiger partial charge in [0.05, 0.1) is 0 Å². The van der Waals surface area contributed by atoms with E-state index in [1.54, 1.807) is 6.07 Å². The zero-order chi connectivity index (χ0) is 13.0. The molecule has 0 aromatic heterocycles. The fraction of sp³-hybridized carbons (Fsp3) is 0.571. The summed E-state index contributed by atoms with van der Waals surface area (Å²) in [5.74, 6) is 0.594. The lowest BCUT2D eigenvalue weighted by atomic mass is 9.86. The van der Waals surface area contributed by atoms with Gasteiger partial charge in [-0.25, -0.2) is 4.39 Å². The molecule has 18 heavy (non-hydrogen) atoms. The van der Waals surface area contributed by atoms with Crippen molar-refractivity contribution >= 4 is 22.6 Å². The molecule has 4 heteroatoms. The molecule has 0 atom stereocenters. The molecule has 0 aliphatic heterocycles. The van der Waals surface area contributed by atoms with E-state index >= 15 is 0 Å². The molecule has 0 bridgehead atoms. The maximum absolute atomic E-state index is 13.6. The number of nitrogens with two attached hydrogens (primary N) is 1. The van der Waals surface area contributed by atoms with Crippen LogP contribution in [0.15, 0.2) is 18.2 Å². The summed E-state index contributed by atoms with van der Waals surface area (Å²) in [6.07, 6.45) is 4.65. The second kappa shape index (κ2) is 6.82. The Morgan fingerprint density at radius 3 is 2.67 bits per heavy atom. The van der Waals surface area contributed by atoms with E-state index in [4.69, 9.17) is 5.73 Å². The predicted molar refractivity (Wildman–Crippen MR) is 80.8 cm³/mol. The van der Waals surface area contributed by atoms with Crippen molar-refractivity contribution < 1.29 is 4.39 Å². The molecule has 2 nitrogen and oxygen atoms in total. The van der Waals surface area contributed by atoms with Crippen LogP contribution in [0.1, 0.15) is 31.2 Å². The topological polar surface area (TPSA) is 38.0 Å². The van der Waals surface area contributed by atoms with Gasteiger partial charge in [0.1, 0.15) is 5.82 Å². The molecule has 0 unspecified atom stereocenters. The zero-order valence-electron chi connectivity index (χ0n) is 10.5. The lowest BCUT2D eigenvalue weighted by molar-refractivity contribution is 0.314. The molecule has 0 radical (unpaired) electrons. The average molecular weight is 362 g/mol. The average Bonchev–Trinajstić information content (AvgIpc) is 2.34. The maximum Gasteiger partial charge on any atom is 0.128 e. The molecule has 1 aliphatic rings. The van der Waals surface area contributed by atoms with Crippen LogP contribution >= 0.6 is 22.6 Å². The molecule has 1 fully saturated rings. The van der Waals surface area contributed by atoms with Crippen molar-refractivity contribution in [1.82, 2.24) is 5.32 Å². The fourth-order valence-electron chi connectivity index (χ4n) is 2.47. The molecule has 0 amide bonds. The summed E-state index contributed by atoms with van der Waals surface area (Å²) in [7, 11) is 0. The Kier molecular flexibility index (Phi) is 5.38. The number of hydrogen-bond acceptors (Lipinski definition) is 2. The minimum absolute atomic E-state index is 0.111. The van der Waals surface area contributed by atoms with Crippen LogP contribution in [-0.4, -0.2) is 12.6 Å². The highest BCUT2D eigenvalue weighted by Gasteiger charge is 2.17.